The molecule has 0 unspecified atom stereocenters. The summed E-state index contributed by atoms with van der Waals surface area (Å²) in [5.74, 6) is -0.980. The zero-order valence-electron chi connectivity index (χ0n) is 14.6. The van der Waals surface area contributed by atoms with Crippen LogP contribution in [0, 0.1) is 0 Å². The number of halogens is 1. The van der Waals surface area contributed by atoms with Gasteiger partial charge in [-0.3, -0.25) is 14.8 Å². The molecule has 0 aliphatic carbocycles. The molecule has 0 spiro atoms. The maximum Gasteiger partial charge on any atom is 0.335 e. The molecule has 1 aliphatic heterocycles. The number of nitrogens with one attached hydrogen (secondary N) is 1. The molecule has 0 amide bonds. The Kier molecular flexibility index (Phi) is 5.48. The predicted octanol–water partition coefficient (Wildman–Crippen LogP) is 2.84. The maximum absolute atomic E-state index is 12.7. The van der Waals surface area contributed by atoms with Crippen LogP contribution in [0.1, 0.15) is 27.2 Å². The molecule has 2 heterocycles. The van der Waals surface area contributed by atoms with Crippen LogP contribution in [0.25, 0.3) is 5.69 Å². The lowest BCUT2D eigenvalue weighted by Gasteiger charge is -2.25. The number of rotatable bonds is 4. The van der Waals surface area contributed by atoms with Gasteiger partial charge in [0.05, 0.1) is 16.9 Å². The first kappa shape index (κ1) is 18.9. The predicted molar refractivity (Wildman–Crippen MR) is 105 cm³/mol. The number of fused-ring (bicyclic) bond motifs is 1. The highest BCUT2D eigenvalue weighted by atomic mass is 35.5. The van der Waals surface area contributed by atoms with E-state index in [-0.39, 0.29) is 23.5 Å². The first-order chi connectivity index (χ1) is 12.6. The van der Waals surface area contributed by atoms with E-state index in [0.717, 1.165) is 24.3 Å². The van der Waals surface area contributed by atoms with Gasteiger partial charge in [0, 0.05) is 25.2 Å². The first-order valence-electron chi connectivity index (χ1n) is 8.54. The number of carboxylic acids is 1. The summed E-state index contributed by atoms with van der Waals surface area (Å²) in [4.78, 5) is 26.0. The van der Waals surface area contributed by atoms with Crippen LogP contribution in [0.2, 0.25) is 0 Å². The summed E-state index contributed by atoms with van der Waals surface area (Å²) in [6.45, 7) is 2.38. The number of hydrogen-bond donors (Lipinski definition) is 2. The third-order valence-corrected chi connectivity index (χ3v) is 4.75. The number of hydrogen-bond acceptors (Lipinski definition) is 3. The summed E-state index contributed by atoms with van der Waals surface area (Å²) < 4.78 is 1.50. The largest absolute Gasteiger partial charge is 0.478 e. The Bertz CT molecular complexity index is 994. The topological polar surface area (TPSA) is 78.3 Å². The molecular weight excluding hydrogens is 366 g/mol. The lowest BCUT2D eigenvalue weighted by atomic mass is 10.1. The normalized spacial score (nSPS) is 13.6. The van der Waals surface area contributed by atoms with E-state index >= 15 is 0 Å². The summed E-state index contributed by atoms with van der Waals surface area (Å²) in [6, 6.07) is 16.6. The van der Waals surface area contributed by atoms with E-state index in [1.54, 1.807) is 12.1 Å². The molecule has 1 aromatic heterocycles. The van der Waals surface area contributed by atoms with Crippen molar-refractivity contribution < 1.29 is 9.90 Å². The van der Waals surface area contributed by atoms with Crippen molar-refractivity contribution in [1.29, 1.82) is 0 Å². The zero-order valence-corrected chi connectivity index (χ0v) is 15.4. The Balaban J connectivity index is 0.00000210. The molecule has 1 aliphatic rings. The van der Waals surface area contributed by atoms with Gasteiger partial charge in [0.1, 0.15) is 0 Å². The number of aromatic amines is 1. The van der Waals surface area contributed by atoms with Crippen LogP contribution in [0.15, 0.2) is 59.4 Å². The van der Waals surface area contributed by atoms with Crippen LogP contribution in [-0.4, -0.2) is 32.3 Å². The number of benzene rings is 2. The average molecular weight is 386 g/mol. The fourth-order valence-corrected chi connectivity index (χ4v) is 3.39. The van der Waals surface area contributed by atoms with Gasteiger partial charge in [-0.2, -0.15) is 0 Å². The molecule has 6 nitrogen and oxygen atoms in total. The molecule has 0 fully saturated rings. The molecule has 0 radical (unpaired) electrons. The van der Waals surface area contributed by atoms with E-state index in [2.05, 4.69) is 22.1 Å². The monoisotopic (exact) mass is 385 g/mol. The van der Waals surface area contributed by atoms with Gasteiger partial charge in [-0.1, -0.05) is 30.3 Å². The molecule has 0 atom stereocenters. The number of aromatic carboxylic acids is 1. The van der Waals surface area contributed by atoms with E-state index in [9.17, 15) is 9.59 Å². The Labute approximate surface area is 162 Å². The van der Waals surface area contributed by atoms with Crippen molar-refractivity contribution in [3.05, 3.63) is 87.3 Å². The molecule has 7 heteroatoms. The summed E-state index contributed by atoms with van der Waals surface area (Å²) in [7, 11) is 0. The minimum Gasteiger partial charge on any atom is -0.478 e. The number of H-pyrrole nitrogens is 1. The Morgan fingerprint density at radius 1 is 1.07 bits per heavy atom. The molecule has 2 N–H and O–H groups in total. The third kappa shape index (κ3) is 3.82. The van der Waals surface area contributed by atoms with Crippen molar-refractivity contribution in [2.75, 3.05) is 6.54 Å². The number of nitrogens with zero attached hydrogens (tertiary/aromatic N) is 2. The van der Waals surface area contributed by atoms with Crippen molar-refractivity contribution >= 4 is 18.4 Å². The van der Waals surface area contributed by atoms with Crippen LogP contribution in [0.4, 0.5) is 0 Å². The van der Waals surface area contributed by atoms with Crippen LogP contribution in [0.3, 0.4) is 0 Å². The van der Waals surface area contributed by atoms with Crippen LogP contribution in [-0.2, 0) is 19.5 Å². The molecule has 2 aromatic carbocycles. The van der Waals surface area contributed by atoms with Gasteiger partial charge < -0.3 is 5.11 Å². The van der Waals surface area contributed by atoms with Gasteiger partial charge in [-0.15, -0.1) is 12.4 Å². The van der Waals surface area contributed by atoms with Crippen LogP contribution in [0.5, 0.6) is 0 Å². The van der Waals surface area contributed by atoms with E-state index in [0.29, 0.717) is 18.7 Å². The maximum atomic E-state index is 12.7. The van der Waals surface area contributed by atoms with Crippen LogP contribution < -0.4 is 5.56 Å². The van der Waals surface area contributed by atoms with E-state index < -0.39 is 5.97 Å². The van der Waals surface area contributed by atoms with Gasteiger partial charge in [0.25, 0.3) is 5.56 Å². The van der Waals surface area contributed by atoms with Gasteiger partial charge >= 0.3 is 5.97 Å². The van der Waals surface area contributed by atoms with Gasteiger partial charge in [-0.05, 0) is 36.2 Å². The second-order valence-electron chi connectivity index (χ2n) is 6.51. The van der Waals surface area contributed by atoms with Gasteiger partial charge in [0.15, 0.2) is 0 Å². The van der Waals surface area contributed by atoms with Crippen molar-refractivity contribution in [1.82, 2.24) is 14.7 Å². The quantitative estimate of drug-likeness (QED) is 0.723. The summed E-state index contributed by atoms with van der Waals surface area (Å²) in [5.41, 5.74) is 3.79. The minimum absolute atomic E-state index is 0. The average Bonchev–Trinajstić information content (AvgIpc) is 2.99. The highest BCUT2D eigenvalue weighted by Gasteiger charge is 2.23. The number of aromatic nitrogens is 2. The Morgan fingerprint density at radius 3 is 2.44 bits per heavy atom. The lowest BCUT2D eigenvalue weighted by Crippen LogP contribution is -2.31. The SMILES string of the molecule is Cl.O=C(O)c1ccc(-n2[nH]c3c(c2=O)CCN(Cc2ccccc2)C3)cc1. The molecule has 3 aromatic rings. The molecule has 0 saturated carbocycles. The molecule has 4 rings (SSSR count). The fraction of sp³-hybridized carbons (Fsp3) is 0.200. The van der Waals surface area contributed by atoms with Crippen LogP contribution >= 0.6 is 12.4 Å². The zero-order chi connectivity index (χ0) is 18.1. The van der Waals surface area contributed by atoms with Gasteiger partial charge in [0.2, 0.25) is 0 Å². The molecule has 27 heavy (non-hydrogen) atoms. The lowest BCUT2D eigenvalue weighted by molar-refractivity contribution is 0.0697. The summed E-state index contributed by atoms with van der Waals surface area (Å²) >= 11 is 0. The second-order valence-corrected chi connectivity index (χ2v) is 6.51. The highest BCUT2D eigenvalue weighted by Crippen LogP contribution is 2.18. The Morgan fingerprint density at radius 2 is 1.78 bits per heavy atom. The number of carboxylic acid groups (broad SMARTS) is 1. The summed E-state index contributed by atoms with van der Waals surface area (Å²) in [6.07, 6.45) is 0.706. The first-order valence-corrected chi connectivity index (χ1v) is 8.54. The molecule has 0 bridgehead atoms. The van der Waals surface area contributed by atoms with E-state index in [4.69, 9.17) is 5.11 Å². The van der Waals surface area contributed by atoms with Gasteiger partial charge in [-0.25, -0.2) is 9.48 Å². The van der Waals surface area contributed by atoms with Crippen molar-refractivity contribution in [3.63, 3.8) is 0 Å². The summed E-state index contributed by atoms with van der Waals surface area (Å²) in [5, 5.41) is 12.2. The minimum atomic E-state index is -0.980. The third-order valence-electron chi connectivity index (χ3n) is 4.75. The van der Waals surface area contributed by atoms with Crippen molar-refractivity contribution in [2.45, 2.75) is 19.5 Å². The van der Waals surface area contributed by atoms with Crippen molar-refractivity contribution in [3.8, 4) is 5.69 Å². The van der Waals surface area contributed by atoms with E-state index in [1.807, 2.05) is 18.2 Å². The molecular formula is C20H20ClN3O3. The smallest absolute Gasteiger partial charge is 0.335 e. The molecule has 140 valence electrons. The Hall–Kier alpha value is -2.83. The van der Waals surface area contributed by atoms with E-state index in [1.165, 1.54) is 22.4 Å². The highest BCUT2D eigenvalue weighted by molar-refractivity contribution is 5.87. The fourth-order valence-electron chi connectivity index (χ4n) is 3.39. The number of carbonyl (C=O) groups is 1. The molecule has 0 saturated heterocycles. The second kappa shape index (κ2) is 7.82. The van der Waals surface area contributed by atoms with Crippen molar-refractivity contribution in [2.24, 2.45) is 0 Å². The standard InChI is InChI=1S/C20H19N3O3.ClH/c24-19-17-10-11-22(12-14-4-2-1-3-5-14)13-18(17)21-23(19)16-8-6-15(7-9-16)20(25)26;/h1-9,21H,10-13H2,(H,25,26);1H.